The van der Waals surface area contributed by atoms with Crippen LogP contribution in [0.25, 0.3) is 0 Å². The fraction of sp³-hybridized carbons (Fsp3) is 1.00. The topological polar surface area (TPSA) is 77.4 Å². The molecule has 2 N–H and O–H groups in total. The van der Waals surface area contributed by atoms with Crippen molar-refractivity contribution in [3.63, 3.8) is 0 Å². The minimum atomic E-state index is -3.83. The van der Waals surface area contributed by atoms with Gasteiger partial charge in [-0.1, -0.05) is 0 Å². The SMILES string of the molecule is [O]CCCCP(=O)(O)O. The zero-order valence-corrected chi connectivity index (χ0v) is 5.88. The monoisotopic (exact) mass is 153 g/mol. The van der Waals surface area contributed by atoms with Crippen LogP contribution in [0.5, 0.6) is 0 Å². The Kier molecular flexibility index (Phi) is 4.06. The molecule has 0 heterocycles. The third kappa shape index (κ3) is 8.11. The maximum atomic E-state index is 10.1. The Balaban J connectivity index is 3.18. The number of hydrogen-bond acceptors (Lipinski definition) is 1. The van der Waals surface area contributed by atoms with Gasteiger partial charge in [0.15, 0.2) is 0 Å². The zero-order chi connectivity index (χ0) is 7.33. The van der Waals surface area contributed by atoms with Crippen molar-refractivity contribution in [2.75, 3.05) is 12.8 Å². The van der Waals surface area contributed by atoms with Crippen LogP contribution in [0.15, 0.2) is 0 Å². The molecule has 0 aliphatic carbocycles. The first-order chi connectivity index (χ1) is 4.06. The maximum Gasteiger partial charge on any atom is 0.325 e. The predicted molar refractivity (Wildman–Crippen MR) is 31.7 cm³/mol. The lowest BCUT2D eigenvalue weighted by molar-refractivity contribution is 0.188. The normalized spacial score (nSPS) is 11.9. The summed E-state index contributed by atoms with van der Waals surface area (Å²) in [4.78, 5) is 16.5. The van der Waals surface area contributed by atoms with Crippen LogP contribution in [0.4, 0.5) is 0 Å². The van der Waals surface area contributed by atoms with Gasteiger partial charge >= 0.3 is 7.60 Å². The molecule has 0 rings (SSSR count). The third-order valence-electron chi connectivity index (χ3n) is 0.844. The number of unbranched alkanes of at least 4 members (excludes halogenated alkanes) is 1. The second kappa shape index (κ2) is 4.01. The van der Waals surface area contributed by atoms with E-state index in [0.717, 1.165) is 0 Å². The van der Waals surface area contributed by atoms with E-state index in [1.54, 1.807) is 0 Å². The van der Waals surface area contributed by atoms with Gasteiger partial charge in [0, 0.05) is 6.16 Å². The molecule has 0 bridgehead atoms. The van der Waals surface area contributed by atoms with Gasteiger partial charge in [-0.25, -0.2) is 5.11 Å². The van der Waals surface area contributed by atoms with Crippen molar-refractivity contribution in [3.8, 4) is 0 Å². The minimum Gasteiger partial charge on any atom is -0.324 e. The molecule has 0 atom stereocenters. The Labute approximate surface area is 53.7 Å². The molecule has 0 aromatic carbocycles. The van der Waals surface area contributed by atoms with Crippen molar-refractivity contribution < 1.29 is 19.5 Å². The van der Waals surface area contributed by atoms with Gasteiger partial charge in [-0.3, -0.25) is 4.57 Å². The Morgan fingerprint density at radius 2 is 1.78 bits per heavy atom. The van der Waals surface area contributed by atoms with Crippen LogP contribution in [0.2, 0.25) is 0 Å². The molecule has 5 heteroatoms. The summed E-state index contributed by atoms with van der Waals surface area (Å²) in [7, 11) is -3.83. The van der Waals surface area contributed by atoms with Gasteiger partial charge in [0.1, 0.15) is 0 Å². The summed E-state index contributed by atoms with van der Waals surface area (Å²) in [5, 5.41) is 9.76. The lowest BCUT2D eigenvalue weighted by Gasteiger charge is -1.99. The van der Waals surface area contributed by atoms with Crippen molar-refractivity contribution in [1.29, 1.82) is 0 Å². The van der Waals surface area contributed by atoms with Gasteiger partial charge in [0.2, 0.25) is 0 Å². The van der Waals surface area contributed by atoms with Gasteiger partial charge in [0.25, 0.3) is 0 Å². The zero-order valence-electron chi connectivity index (χ0n) is 4.99. The molecule has 0 aromatic heterocycles. The van der Waals surface area contributed by atoms with Gasteiger partial charge in [-0.15, -0.1) is 0 Å². The van der Waals surface area contributed by atoms with Gasteiger partial charge < -0.3 is 9.79 Å². The first-order valence-electron chi connectivity index (χ1n) is 2.69. The highest BCUT2D eigenvalue weighted by atomic mass is 31.2. The van der Waals surface area contributed by atoms with Gasteiger partial charge in [-0.2, -0.15) is 0 Å². The summed E-state index contributed by atoms with van der Waals surface area (Å²) in [6.45, 7) is -0.250. The Morgan fingerprint density at radius 1 is 1.22 bits per heavy atom. The highest BCUT2D eigenvalue weighted by Gasteiger charge is 2.10. The highest BCUT2D eigenvalue weighted by molar-refractivity contribution is 7.51. The average molecular weight is 153 g/mol. The minimum absolute atomic E-state index is 0.158. The molecule has 0 spiro atoms. The largest absolute Gasteiger partial charge is 0.325 e. The Morgan fingerprint density at radius 3 is 2.11 bits per heavy atom. The van der Waals surface area contributed by atoms with Crippen molar-refractivity contribution in [2.24, 2.45) is 0 Å². The Hall–Kier alpha value is 0.110. The van der Waals surface area contributed by atoms with E-state index in [2.05, 4.69) is 0 Å². The quantitative estimate of drug-likeness (QED) is 0.452. The van der Waals surface area contributed by atoms with Crippen LogP contribution in [-0.2, 0) is 9.67 Å². The average Bonchev–Trinajstić information content (AvgIpc) is 1.63. The molecule has 0 aromatic rings. The third-order valence-corrected chi connectivity index (χ3v) is 1.74. The first-order valence-corrected chi connectivity index (χ1v) is 4.49. The summed E-state index contributed by atoms with van der Waals surface area (Å²) in [5.41, 5.74) is 0. The van der Waals surface area contributed by atoms with Crippen molar-refractivity contribution in [2.45, 2.75) is 12.8 Å². The molecule has 55 valence electrons. The maximum absolute atomic E-state index is 10.1. The lowest BCUT2D eigenvalue weighted by Crippen LogP contribution is -1.89. The summed E-state index contributed by atoms with van der Waals surface area (Å²) < 4.78 is 10.1. The molecule has 0 fully saturated rings. The molecule has 0 amide bonds. The van der Waals surface area contributed by atoms with Crippen molar-refractivity contribution in [1.82, 2.24) is 0 Å². The van der Waals surface area contributed by atoms with E-state index in [0.29, 0.717) is 12.8 Å². The van der Waals surface area contributed by atoms with Crippen LogP contribution in [0, 0.1) is 0 Å². The van der Waals surface area contributed by atoms with Crippen LogP contribution in [0.3, 0.4) is 0 Å². The number of hydrogen-bond donors (Lipinski definition) is 2. The van der Waals surface area contributed by atoms with Crippen molar-refractivity contribution >= 4 is 7.60 Å². The second-order valence-electron chi connectivity index (χ2n) is 1.80. The summed E-state index contributed by atoms with van der Waals surface area (Å²) in [5.74, 6) is 0. The smallest absolute Gasteiger partial charge is 0.324 e. The summed E-state index contributed by atoms with van der Waals surface area (Å²) in [6.07, 6.45) is 0.522. The Bertz CT molecular complexity index is 107. The van der Waals surface area contributed by atoms with E-state index in [4.69, 9.17) is 9.79 Å². The fourth-order valence-electron chi connectivity index (χ4n) is 0.420. The van der Waals surface area contributed by atoms with Crippen LogP contribution >= 0.6 is 7.60 Å². The van der Waals surface area contributed by atoms with E-state index in [-0.39, 0.29) is 12.8 Å². The molecule has 0 unspecified atom stereocenters. The highest BCUT2D eigenvalue weighted by Crippen LogP contribution is 2.35. The molecule has 4 nitrogen and oxygen atoms in total. The van der Waals surface area contributed by atoms with Crippen LogP contribution in [0.1, 0.15) is 12.8 Å². The molecule has 0 aliphatic heterocycles. The van der Waals surface area contributed by atoms with E-state index >= 15 is 0 Å². The molecular weight excluding hydrogens is 143 g/mol. The molecule has 1 radical (unpaired) electrons. The van der Waals surface area contributed by atoms with Gasteiger partial charge in [0.05, 0.1) is 6.61 Å². The van der Waals surface area contributed by atoms with Gasteiger partial charge in [-0.05, 0) is 12.8 Å². The molecule has 0 aliphatic rings. The summed E-state index contributed by atoms with van der Waals surface area (Å²) in [6, 6.07) is 0. The summed E-state index contributed by atoms with van der Waals surface area (Å²) >= 11 is 0. The predicted octanol–water partition coefficient (Wildman–Crippen LogP) is 0.375. The molecule has 0 saturated carbocycles. The van der Waals surface area contributed by atoms with E-state index in [9.17, 15) is 9.67 Å². The van der Waals surface area contributed by atoms with E-state index in [1.807, 2.05) is 0 Å². The van der Waals surface area contributed by atoms with Crippen LogP contribution in [-0.4, -0.2) is 22.6 Å². The van der Waals surface area contributed by atoms with Crippen molar-refractivity contribution in [3.05, 3.63) is 0 Å². The fourth-order valence-corrected chi connectivity index (χ4v) is 1.06. The molecular formula is C4H10O4P. The molecule has 9 heavy (non-hydrogen) atoms. The number of rotatable bonds is 4. The lowest BCUT2D eigenvalue weighted by atomic mass is 10.4. The van der Waals surface area contributed by atoms with E-state index in [1.165, 1.54) is 0 Å². The molecule has 0 saturated heterocycles. The first kappa shape index (κ1) is 9.11. The standard InChI is InChI=1S/C4H10O4P/c5-3-1-2-4-9(6,7)8/h1-4H2,(H2,6,7,8). The van der Waals surface area contributed by atoms with E-state index < -0.39 is 7.60 Å². The second-order valence-corrected chi connectivity index (χ2v) is 3.58. The van der Waals surface area contributed by atoms with Crippen LogP contribution < -0.4 is 0 Å².